The quantitative estimate of drug-likeness (QED) is 0.323. The second kappa shape index (κ2) is 7.53. The average molecular weight is 277 g/mol. The lowest BCUT2D eigenvalue weighted by atomic mass is 10.0. The number of hydrogen-bond donors (Lipinski definition) is 3. The van der Waals surface area contributed by atoms with Crippen molar-refractivity contribution >= 4 is 11.7 Å². The van der Waals surface area contributed by atoms with Crippen molar-refractivity contribution in [2.24, 2.45) is 16.8 Å². The van der Waals surface area contributed by atoms with Gasteiger partial charge in [-0.1, -0.05) is 31.1 Å². The van der Waals surface area contributed by atoms with Crippen LogP contribution in [0.3, 0.4) is 0 Å². The highest BCUT2D eigenvalue weighted by atomic mass is 16.4. The number of rotatable bonds is 6. The third-order valence-corrected chi connectivity index (χ3v) is 3.08. The van der Waals surface area contributed by atoms with Gasteiger partial charge in [0, 0.05) is 17.2 Å². The summed E-state index contributed by atoms with van der Waals surface area (Å²) in [6, 6.07) is 6.84. The fraction of sp³-hybridized carbons (Fsp3) is 0.467. The summed E-state index contributed by atoms with van der Waals surface area (Å²) in [5, 5.41) is 14.5. The van der Waals surface area contributed by atoms with Crippen LogP contribution in [-0.2, 0) is 0 Å². The van der Waals surface area contributed by atoms with E-state index in [0.717, 1.165) is 12.8 Å². The first-order valence-corrected chi connectivity index (χ1v) is 6.82. The van der Waals surface area contributed by atoms with Gasteiger partial charge in [0.15, 0.2) is 5.84 Å². The highest BCUT2D eigenvalue weighted by molar-refractivity contribution is 6.01. The summed E-state index contributed by atoms with van der Waals surface area (Å²) in [5.41, 5.74) is 6.54. The van der Waals surface area contributed by atoms with E-state index in [4.69, 9.17) is 10.9 Å². The number of hydrogen-bond acceptors (Lipinski definition) is 3. The van der Waals surface area contributed by atoms with E-state index < -0.39 is 0 Å². The number of nitrogens with zero attached hydrogens (tertiary/aromatic N) is 1. The van der Waals surface area contributed by atoms with E-state index in [-0.39, 0.29) is 17.8 Å². The Morgan fingerprint density at radius 1 is 1.30 bits per heavy atom. The lowest BCUT2D eigenvalue weighted by Gasteiger charge is -2.15. The zero-order chi connectivity index (χ0) is 15.1. The second-order valence-electron chi connectivity index (χ2n) is 5.41. The number of amidine groups is 1. The van der Waals surface area contributed by atoms with Crippen LogP contribution < -0.4 is 11.1 Å². The number of oxime groups is 1. The van der Waals surface area contributed by atoms with Crippen LogP contribution in [0.25, 0.3) is 0 Å². The van der Waals surface area contributed by atoms with Crippen molar-refractivity contribution < 1.29 is 10.0 Å². The fourth-order valence-electron chi connectivity index (χ4n) is 1.84. The summed E-state index contributed by atoms with van der Waals surface area (Å²) in [7, 11) is 0. The van der Waals surface area contributed by atoms with Gasteiger partial charge in [0.25, 0.3) is 5.91 Å². The molecule has 0 saturated heterocycles. The Morgan fingerprint density at radius 3 is 2.55 bits per heavy atom. The van der Waals surface area contributed by atoms with Crippen LogP contribution in [0.2, 0.25) is 0 Å². The van der Waals surface area contributed by atoms with Crippen LogP contribution in [0.4, 0.5) is 0 Å². The largest absolute Gasteiger partial charge is 0.409 e. The first-order chi connectivity index (χ1) is 9.43. The molecule has 0 spiro atoms. The van der Waals surface area contributed by atoms with Crippen molar-refractivity contribution in [3.05, 3.63) is 35.4 Å². The highest BCUT2D eigenvalue weighted by Crippen LogP contribution is 2.09. The van der Waals surface area contributed by atoms with E-state index in [1.54, 1.807) is 24.3 Å². The third-order valence-electron chi connectivity index (χ3n) is 3.08. The van der Waals surface area contributed by atoms with E-state index in [1.807, 2.05) is 6.92 Å². The number of nitrogens with one attached hydrogen (secondary N) is 1. The standard InChI is InChI=1S/C15H23N3O2/c1-10(2)7-8-11(3)17-15(19)13-6-4-5-12(9-13)14(16)18-20/h4-6,9-11,20H,7-8H2,1-3H3,(H2,16,18)(H,17,19). The van der Waals surface area contributed by atoms with Gasteiger partial charge in [-0.05, 0) is 37.8 Å². The molecule has 0 aromatic heterocycles. The van der Waals surface area contributed by atoms with Crippen LogP contribution in [-0.4, -0.2) is 23.0 Å². The molecule has 1 aromatic rings. The molecule has 110 valence electrons. The van der Waals surface area contributed by atoms with E-state index in [2.05, 4.69) is 24.3 Å². The minimum Gasteiger partial charge on any atom is -0.409 e. The van der Waals surface area contributed by atoms with Crippen molar-refractivity contribution in [2.45, 2.75) is 39.7 Å². The fourth-order valence-corrected chi connectivity index (χ4v) is 1.84. The molecule has 1 amide bonds. The maximum absolute atomic E-state index is 12.1. The Balaban J connectivity index is 2.68. The maximum Gasteiger partial charge on any atom is 0.251 e. The summed E-state index contributed by atoms with van der Waals surface area (Å²) in [6.45, 7) is 6.32. The van der Waals surface area contributed by atoms with Crippen LogP contribution >= 0.6 is 0 Å². The predicted molar refractivity (Wildman–Crippen MR) is 80.0 cm³/mol. The average Bonchev–Trinajstić information content (AvgIpc) is 2.44. The third kappa shape index (κ3) is 4.91. The lowest BCUT2D eigenvalue weighted by molar-refractivity contribution is 0.0937. The van der Waals surface area contributed by atoms with E-state index in [9.17, 15) is 4.79 Å². The smallest absolute Gasteiger partial charge is 0.251 e. The molecule has 0 fully saturated rings. The summed E-state index contributed by atoms with van der Waals surface area (Å²) < 4.78 is 0. The number of amides is 1. The highest BCUT2D eigenvalue weighted by Gasteiger charge is 2.11. The molecule has 0 bridgehead atoms. The zero-order valence-electron chi connectivity index (χ0n) is 12.3. The summed E-state index contributed by atoms with van der Waals surface area (Å²) in [4.78, 5) is 12.1. The van der Waals surface area contributed by atoms with Gasteiger partial charge in [-0.25, -0.2) is 0 Å². The van der Waals surface area contributed by atoms with Gasteiger partial charge < -0.3 is 16.3 Å². The molecule has 0 heterocycles. The molecule has 1 atom stereocenters. The molecule has 0 aliphatic heterocycles. The summed E-state index contributed by atoms with van der Waals surface area (Å²) in [5.74, 6) is 0.472. The van der Waals surface area contributed by atoms with E-state index >= 15 is 0 Å². The van der Waals surface area contributed by atoms with E-state index in [0.29, 0.717) is 17.0 Å². The van der Waals surface area contributed by atoms with Gasteiger partial charge in [-0.2, -0.15) is 0 Å². The van der Waals surface area contributed by atoms with Gasteiger partial charge >= 0.3 is 0 Å². The molecule has 4 N–H and O–H groups in total. The van der Waals surface area contributed by atoms with Gasteiger partial charge in [-0.15, -0.1) is 0 Å². The maximum atomic E-state index is 12.1. The van der Waals surface area contributed by atoms with Crippen molar-refractivity contribution in [3.8, 4) is 0 Å². The number of benzene rings is 1. The van der Waals surface area contributed by atoms with Crippen molar-refractivity contribution in [2.75, 3.05) is 0 Å². The lowest BCUT2D eigenvalue weighted by Crippen LogP contribution is -2.32. The van der Waals surface area contributed by atoms with Crippen LogP contribution in [0.15, 0.2) is 29.4 Å². The van der Waals surface area contributed by atoms with Crippen LogP contribution in [0.5, 0.6) is 0 Å². The number of carbonyl (C=O) groups is 1. The van der Waals surface area contributed by atoms with Crippen molar-refractivity contribution in [1.82, 2.24) is 5.32 Å². The molecule has 0 aliphatic carbocycles. The first kappa shape index (κ1) is 16.0. The first-order valence-electron chi connectivity index (χ1n) is 6.82. The van der Waals surface area contributed by atoms with Crippen molar-refractivity contribution in [1.29, 1.82) is 0 Å². The molecule has 1 unspecified atom stereocenters. The molecule has 5 nitrogen and oxygen atoms in total. The summed E-state index contributed by atoms with van der Waals surface area (Å²) in [6.07, 6.45) is 2.02. The SMILES string of the molecule is CC(C)CCC(C)NC(=O)c1cccc(C(N)=NO)c1. The normalized spacial score (nSPS) is 13.3. The molecule has 1 rings (SSSR count). The zero-order valence-corrected chi connectivity index (χ0v) is 12.3. The molecule has 0 radical (unpaired) electrons. The number of carbonyl (C=O) groups excluding carboxylic acids is 1. The Hall–Kier alpha value is -2.04. The van der Waals surface area contributed by atoms with Crippen molar-refractivity contribution in [3.63, 3.8) is 0 Å². The monoisotopic (exact) mass is 277 g/mol. The minimum atomic E-state index is -0.145. The molecule has 0 saturated carbocycles. The Bertz CT molecular complexity index is 484. The molecule has 5 heteroatoms. The molecule has 1 aromatic carbocycles. The molecule has 0 aliphatic rings. The predicted octanol–water partition coefficient (Wildman–Crippen LogP) is 2.34. The van der Waals surface area contributed by atoms with Gasteiger partial charge in [0.05, 0.1) is 0 Å². The Labute approximate surface area is 119 Å². The topological polar surface area (TPSA) is 87.7 Å². The van der Waals surface area contributed by atoms with Crippen LogP contribution in [0, 0.1) is 5.92 Å². The van der Waals surface area contributed by atoms with Gasteiger partial charge in [-0.3, -0.25) is 4.79 Å². The Morgan fingerprint density at radius 2 is 1.95 bits per heavy atom. The molecule has 20 heavy (non-hydrogen) atoms. The molecular weight excluding hydrogens is 254 g/mol. The second-order valence-corrected chi connectivity index (χ2v) is 5.41. The van der Waals surface area contributed by atoms with E-state index in [1.165, 1.54) is 0 Å². The Kier molecular flexibility index (Phi) is 6.03. The van der Waals surface area contributed by atoms with Gasteiger partial charge in [0.1, 0.15) is 0 Å². The number of nitrogens with two attached hydrogens (primary N) is 1. The minimum absolute atomic E-state index is 0.00694. The van der Waals surface area contributed by atoms with Gasteiger partial charge in [0.2, 0.25) is 0 Å². The summed E-state index contributed by atoms with van der Waals surface area (Å²) >= 11 is 0. The molecular formula is C15H23N3O2. The van der Waals surface area contributed by atoms with Crippen LogP contribution in [0.1, 0.15) is 49.5 Å².